The van der Waals surface area contributed by atoms with E-state index in [-0.39, 0.29) is 0 Å². The molecule has 2 rings (SSSR count). The molecule has 1 aromatic rings. The molecule has 0 amide bonds. The van der Waals surface area contributed by atoms with Crippen LogP contribution in [0.3, 0.4) is 0 Å². The van der Waals surface area contributed by atoms with Gasteiger partial charge in [0.25, 0.3) is 0 Å². The highest BCUT2D eigenvalue weighted by molar-refractivity contribution is 5.64. The van der Waals surface area contributed by atoms with E-state index in [1.54, 1.807) is 0 Å². The molecule has 1 saturated heterocycles. The van der Waals surface area contributed by atoms with Crippen molar-refractivity contribution in [1.29, 1.82) is 0 Å². The Morgan fingerprint density at radius 2 is 2.00 bits per heavy atom. The quantitative estimate of drug-likeness (QED) is 0.851. The lowest BCUT2D eigenvalue weighted by Crippen LogP contribution is -2.35. The van der Waals surface area contributed by atoms with Gasteiger partial charge in [-0.25, -0.2) is 0 Å². The van der Waals surface area contributed by atoms with Crippen molar-refractivity contribution in [3.63, 3.8) is 0 Å². The van der Waals surface area contributed by atoms with Gasteiger partial charge in [0.05, 0.1) is 11.4 Å². The predicted octanol–water partition coefficient (Wildman–Crippen LogP) is 1.71. The molecule has 19 heavy (non-hydrogen) atoms. The van der Waals surface area contributed by atoms with E-state index in [4.69, 9.17) is 5.73 Å². The van der Waals surface area contributed by atoms with Gasteiger partial charge in [-0.15, -0.1) is 0 Å². The maximum absolute atomic E-state index is 6.12. The van der Waals surface area contributed by atoms with Gasteiger partial charge in [-0.3, -0.25) is 4.68 Å². The summed E-state index contributed by atoms with van der Waals surface area (Å²) >= 11 is 0. The number of aryl methyl sites for hydroxylation is 2. The molecule has 108 valence electrons. The van der Waals surface area contributed by atoms with Crippen molar-refractivity contribution in [2.45, 2.75) is 33.1 Å². The Morgan fingerprint density at radius 3 is 2.53 bits per heavy atom. The summed E-state index contributed by atoms with van der Waals surface area (Å²) in [5.41, 5.74) is 7.93. The van der Waals surface area contributed by atoms with E-state index >= 15 is 0 Å². The summed E-state index contributed by atoms with van der Waals surface area (Å²) < 4.78 is 1.87. The number of nitrogens with two attached hydrogens (primary N) is 1. The zero-order chi connectivity index (χ0) is 13.8. The predicted molar refractivity (Wildman–Crippen MR) is 80.3 cm³/mol. The van der Waals surface area contributed by atoms with Crippen LogP contribution < -0.4 is 11.1 Å². The van der Waals surface area contributed by atoms with Gasteiger partial charge >= 0.3 is 0 Å². The second-order valence-corrected chi connectivity index (χ2v) is 5.44. The van der Waals surface area contributed by atoms with Crippen molar-refractivity contribution in [3.05, 3.63) is 5.69 Å². The van der Waals surface area contributed by atoms with E-state index in [9.17, 15) is 0 Å². The number of hydrogen-bond acceptors (Lipinski definition) is 4. The molecular formula is C14H27N5. The standard InChI is InChI=1S/C14H27N5/c1-4-12-13(15)14(18(3)17-12)16-10-11-6-8-19(5-2)9-7-11/h11,16H,4-10,15H2,1-3H3. The van der Waals surface area contributed by atoms with Gasteiger partial charge in [-0.1, -0.05) is 13.8 Å². The average molecular weight is 265 g/mol. The summed E-state index contributed by atoms with van der Waals surface area (Å²) in [6.07, 6.45) is 3.44. The highest BCUT2D eigenvalue weighted by atomic mass is 15.3. The maximum Gasteiger partial charge on any atom is 0.147 e. The first-order chi connectivity index (χ1) is 9.15. The number of likely N-dealkylation sites (tertiary alicyclic amines) is 1. The zero-order valence-corrected chi connectivity index (χ0v) is 12.4. The molecule has 0 bridgehead atoms. The molecule has 5 heteroatoms. The van der Waals surface area contributed by atoms with Gasteiger partial charge in [0.2, 0.25) is 0 Å². The second kappa shape index (κ2) is 6.28. The van der Waals surface area contributed by atoms with E-state index in [1.165, 1.54) is 32.5 Å². The fourth-order valence-electron chi connectivity index (χ4n) is 2.81. The van der Waals surface area contributed by atoms with Crippen LogP contribution in [-0.2, 0) is 13.5 Å². The van der Waals surface area contributed by atoms with Crippen LogP contribution in [-0.4, -0.2) is 40.9 Å². The third kappa shape index (κ3) is 3.21. The van der Waals surface area contributed by atoms with Gasteiger partial charge in [-0.05, 0) is 44.8 Å². The summed E-state index contributed by atoms with van der Waals surface area (Å²) in [7, 11) is 1.96. The summed E-state index contributed by atoms with van der Waals surface area (Å²) in [6, 6.07) is 0. The molecule has 0 spiro atoms. The molecule has 0 radical (unpaired) electrons. The van der Waals surface area contributed by atoms with Crippen LogP contribution in [0.5, 0.6) is 0 Å². The van der Waals surface area contributed by atoms with Gasteiger partial charge in [0, 0.05) is 13.6 Å². The van der Waals surface area contributed by atoms with E-state index in [2.05, 4.69) is 29.2 Å². The number of aromatic nitrogens is 2. The average Bonchev–Trinajstić information content (AvgIpc) is 2.72. The molecule has 1 fully saturated rings. The molecule has 0 saturated carbocycles. The van der Waals surface area contributed by atoms with Crippen molar-refractivity contribution in [3.8, 4) is 0 Å². The number of rotatable bonds is 5. The monoisotopic (exact) mass is 265 g/mol. The Labute approximate surface area is 116 Å². The normalized spacial score (nSPS) is 17.8. The zero-order valence-electron chi connectivity index (χ0n) is 12.4. The molecule has 5 nitrogen and oxygen atoms in total. The molecule has 0 aliphatic carbocycles. The van der Waals surface area contributed by atoms with Crippen LogP contribution >= 0.6 is 0 Å². The molecule has 0 aromatic carbocycles. The molecule has 3 N–H and O–H groups in total. The van der Waals surface area contributed by atoms with Crippen molar-refractivity contribution in [2.75, 3.05) is 37.2 Å². The number of piperidine rings is 1. The van der Waals surface area contributed by atoms with Gasteiger partial charge in [0.15, 0.2) is 0 Å². The Morgan fingerprint density at radius 1 is 1.32 bits per heavy atom. The smallest absolute Gasteiger partial charge is 0.147 e. The van der Waals surface area contributed by atoms with Crippen LogP contribution in [0.25, 0.3) is 0 Å². The van der Waals surface area contributed by atoms with Gasteiger partial charge in [0.1, 0.15) is 5.82 Å². The van der Waals surface area contributed by atoms with Crippen molar-refractivity contribution in [1.82, 2.24) is 14.7 Å². The first-order valence-electron chi connectivity index (χ1n) is 7.43. The van der Waals surface area contributed by atoms with Gasteiger partial charge < -0.3 is 16.0 Å². The van der Waals surface area contributed by atoms with E-state index in [0.29, 0.717) is 0 Å². The first kappa shape index (κ1) is 14.2. The Bertz CT molecular complexity index is 404. The minimum absolute atomic E-state index is 0.752. The molecule has 0 unspecified atom stereocenters. The van der Waals surface area contributed by atoms with E-state index in [0.717, 1.165) is 36.1 Å². The minimum atomic E-state index is 0.752. The highest BCUT2D eigenvalue weighted by Crippen LogP contribution is 2.24. The van der Waals surface area contributed by atoms with Crippen LogP contribution in [0, 0.1) is 5.92 Å². The molecule has 1 aromatic heterocycles. The minimum Gasteiger partial charge on any atom is -0.394 e. The fourth-order valence-corrected chi connectivity index (χ4v) is 2.81. The van der Waals surface area contributed by atoms with E-state index in [1.807, 2.05) is 11.7 Å². The summed E-state index contributed by atoms with van der Waals surface area (Å²) in [6.45, 7) is 8.96. The number of nitrogens with one attached hydrogen (secondary N) is 1. The molecule has 0 atom stereocenters. The number of anilines is 2. The largest absolute Gasteiger partial charge is 0.394 e. The SMILES string of the molecule is CCc1nn(C)c(NCC2CCN(CC)CC2)c1N. The van der Waals surface area contributed by atoms with Crippen LogP contribution in [0.1, 0.15) is 32.4 Å². The molecule has 1 aliphatic heterocycles. The Hall–Kier alpha value is -1.23. The molecule has 1 aliphatic rings. The Balaban J connectivity index is 1.88. The first-order valence-corrected chi connectivity index (χ1v) is 7.43. The molecular weight excluding hydrogens is 238 g/mol. The highest BCUT2D eigenvalue weighted by Gasteiger charge is 2.19. The molecule has 2 heterocycles. The summed E-state index contributed by atoms with van der Waals surface area (Å²) in [5, 5.41) is 7.93. The third-order valence-electron chi connectivity index (χ3n) is 4.21. The number of nitrogens with zero attached hydrogens (tertiary/aromatic N) is 3. The second-order valence-electron chi connectivity index (χ2n) is 5.44. The van der Waals surface area contributed by atoms with Crippen LogP contribution in [0.4, 0.5) is 11.5 Å². The lowest BCUT2D eigenvalue weighted by atomic mass is 9.97. The fraction of sp³-hybridized carbons (Fsp3) is 0.786. The Kier molecular flexibility index (Phi) is 4.69. The lowest BCUT2D eigenvalue weighted by molar-refractivity contribution is 0.198. The number of hydrogen-bond donors (Lipinski definition) is 2. The van der Waals surface area contributed by atoms with Crippen molar-refractivity contribution in [2.24, 2.45) is 13.0 Å². The number of nitrogen functional groups attached to an aromatic ring is 1. The lowest BCUT2D eigenvalue weighted by Gasteiger charge is -2.31. The maximum atomic E-state index is 6.12. The third-order valence-corrected chi connectivity index (χ3v) is 4.21. The summed E-state index contributed by atoms with van der Waals surface area (Å²) in [5.74, 6) is 1.73. The van der Waals surface area contributed by atoms with Crippen molar-refractivity contribution >= 4 is 11.5 Å². The van der Waals surface area contributed by atoms with Crippen molar-refractivity contribution < 1.29 is 0 Å². The van der Waals surface area contributed by atoms with E-state index < -0.39 is 0 Å². The van der Waals surface area contributed by atoms with Crippen LogP contribution in [0.15, 0.2) is 0 Å². The summed E-state index contributed by atoms with van der Waals surface area (Å²) in [4.78, 5) is 2.52. The van der Waals surface area contributed by atoms with Gasteiger partial charge in [-0.2, -0.15) is 5.10 Å². The van der Waals surface area contributed by atoms with Crippen LogP contribution in [0.2, 0.25) is 0 Å². The topological polar surface area (TPSA) is 59.1 Å².